The van der Waals surface area contributed by atoms with Gasteiger partial charge in [0, 0.05) is 23.4 Å². The predicted molar refractivity (Wildman–Crippen MR) is 105 cm³/mol. The molecule has 27 heavy (non-hydrogen) atoms. The summed E-state index contributed by atoms with van der Waals surface area (Å²) < 4.78 is 11.0. The molecule has 1 heterocycles. The van der Waals surface area contributed by atoms with Crippen LogP contribution in [0.1, 0.15) is 19.4 Å². The molecule has 0 saturated carbocycles. The lowest BCUT2D eigenvalue weighted by Crippen LogP contribution is -2.17. The van der Waals surface area contributed by atoms with Gasteiger partial charge in [0.2, 0.25) is 11.8 Å². The maximum Gasteiger partial charge on any atom is 0.248 e. The van der Waals surface area contributed by atoms with E-state index in [0.29, 0.717) is 36.1 Å². The van der Waals surface area contributed by atoms with Gasteiger partial charge in [0.15, 0.2) is 11.5 Å². The van der Waals surface area contributed by atoms with E-state index < -0.39 is 0 Å². The Kier molecular flexibility index (Phi) is 5.76. The highest BCUT2D eigenvalue weighted by Crippen LogP contribution is 2.31. The van der Waals surface area contributed by atoms with Crippen molar-refractivity contribution in [3.8, 4) is 11.5 Å². The molecule has 0 radical (unpaired) electrons. The zero-order valence-corrected chi connectivity index (χ0v) is 15.3. The predicted octanol–water partition coefficient (Wildman–Crippen LogP) is 3.70. The number of ether oxygens (including phenoxy) is 2. The summed E-state index contributed by atoms with van der Waals surface area (Å²) >= 11 is 0. The van der Waals surface area contributed by atoms with Crippen molar-refractivity contribution in [2.45, 2.75) is 13.8 Å². The molecule has 2 N–H and O–H groups in total. The molecule has 2 amide bonds. The fraction of sp³-hybridized carbons (Fsp3) is 0.238. The van der Waals surface area contributed by atoms with Gasteiger partial charge >= 0.3 is 0 Å². The van der Waals surface area contributed by atoms with Gasteiger partial charge < -0.3 is 20.1 Å². The van der Waals surface area contributed by atoms with Crippen molar-refractivity contribution in [2.75, 3.05) is 23.8 Å². The minimum Gasteiger partial charge on any atom is -0.486 e. The number of fused-ring (bicyclic) bond motifs is 1. The average Bonchev–Trinajstić information content (AvgIpc) is 2.67. The standard InChI is InChI=1S/C21H22N2O4/c1-14(2)21(25)23-17-7-5-16(6-8-17)22-20(24)10-4-15-3-9-18-19(13-15)27-12-11-26-18/h3-10,13-14H,11-12H2,1-2H3,(H,22,24)(H,23,25)/b10-4+. The Labute approximate surface area is 158 Å². The van der Waals surface area contributed by atoms with Crippen LogP contribution in [0.15, 0.2) is 48.5 Å². The zero-order valence-electron chi connectivity index (χ0n) is 15.3. The number of rotatable bonds is 5. The quantitative estimate of drug-likeness (QED) is 0.791. The topological polar surface area (TPSA) is 76.7 Å². The van der Waals surface area contributed by atoms with Gasteiger partial charge in [0.05, 0.1) is 0 Å². The van der Waals surface area contributed by atoms with Gasteiger partial charge in [0.1, 0.15) is 13.2 Å². The van der Waals surface area contributed by atoms with Gasteiger partial charge in [-0.1, -0.05) is 19.9 Å². The van der Waals surface area contributed by atoms with Crippen molar-refractivity contribution >= 4 is 29.3 Å². The molecule has 6 nitrogen and oxygen atoms in total. The Balaban J connectivity index is 1.57. The van der Waals surface area contributed by atoms with Crippen molar-refractivity contribution < 1.29 is 19.1 Å². The second-order valence-electron chi connectivity index (χ2n) is 6.45. The Hall–Kier alpha value is -3.28. The largest absolute Gasteiger partial charge is 0.486 e. The third-order valence-corrected chi connectivity index (χ3v) is 3.94. The molecule has 0 unspecified atom stereocenters. The summed E-state index contributed by atoms with van der Waals surface area (Å²) in [5.74, 6) is 1.02. The van der Waals surface area contributed by atoms with Crippen LogP contribution in [0.2, 0.25) is 0 Å². The molecule has 3 rings (SSSR count). The number of benzene rings is 2. The van der Waals surface area contributed by atoms with Crippen LogP contribution in [-0.4, -0.2) is 25.0 Å². The molecule has 6 heteroatoms. The first kappa shape index (κ1) is 18.5. The molecular weight excluding hydrogens is 344 g/mol. The Morgan fingerprint density at radius 2 is 1.56 bits per heavy atom. The first-order valence-electron chi connectivity index (χ1n) is 8.81. The Morgan fingerprint density at radius 3 is 2.22 bits per heavy atom. The molecule has 1 aliphatic rings. The van der Waals surface area contributed by atoms with E-state index in [1.807, 2.05) is 32.0 Å². The van der Waals surface area contributed by atoms with E-state index in [4.69, 9.17) is 9.47 Å². The second kappa shape index (κ2) is 8.40. The summed E-state index contributed by atoms with van der Waals surface area (Å²) in [7, 11) is 0. The number of anilines is 2. The first-order valence-corrected chi connectivity index (χ1v) is 8.81. The number of hydrogen-bond donors (Lipinski definition) is 2. The van der Waals surface area contributed by atoms with Crippen molar-refractivity contribution in [1.82, 2.24) is 0 Å². The van der Waals surface area contributed by atoms with Crippen LogP contribution in [0.25, 0.3) is 6.08 Å². The van der Waals surface area contributed by atoms with E-state index in [1.165, 1.54) is 6.08 Å². The van der Waals surface area contributed by atoms with Gasteiger partial charge in [-0.15, -0.1) is 0 Å². The lowest BCUT2D eigenvalue weighted by Gasteiger charge is -2.18. The van der Waals surface area contributed by atoms with Crippen molar-refractivity contribution in [3.05, 3.63) is 54.1 Å². The van der Waals surface area contributed by atoms with E-state index in [9.17, 15) is 9.59 Å². The normalized spacial score (nSPS) is 12.9. The van der Waals surface area contributed by atoms with Crippen molar-refractivity contribution in [1.29, 1.82) is 0 Å². The molecule has 2 aromatic rings. The smallest absolute Gasteiger partial charge is 0.248 e. The zero-order chi connectivity index (χ0) is 19.2. The van der Waals surface area contributed by atoms with Crippen LogP contribution >= 0.6 is 0 Å². The summed E-state index contributed by atoms with van der Waals surface area (Å²) in [5.41, 5.74) is 2.19. The minimum absolute atomic E-state index is 0.0471. The number of amides is 2. The average molecular weight is 366 g/mol. The molecule has 0 fully saturated rings. The third kappa shape index (κ3) is 5.10. The number of carbonyl (C=O) groups excluding carboxylic acids is 2. The SMILES string of the molecule is CC(C)C(=O)Nc1ccc(NC(=O)/C=C/c2ccc3c(c2)OCCO3)cc1. The van der Waals surface area contributed by atoms with Crippen LogP contribution in [0.4, 0.5) is 11.4 Å². The molecule has 2 aromatic carbocycles. The molecule has 0 saturated heterocycles. The van der Waals surface area contributed by atoms with Crippen molar-refractivity contribution in [2.24, 2.45) is 5.92 Å². The number of nitrogens with one attached hydrogen (secondary N) is 2. The number of hydrogen-bond acceptors (Lipinski definition) is 4. The summed E-state index contributed by atoms with van der Waals surface area (Å²) in [6.45, 7) is 4.73. The lowest BCUT2D eigenvalue weighted by molar-refractivity contribution is -0.119. The van der Waals surface area contributed by atoms with Crippen molar-refractivity contribution in [3.63, 3.8) is 0 Å². The Morgan fingerprint density at radius 1 is 0.926 bits per heavy atom. The molecule has 1 aliphatic heterocycles. The molecule has 0 aromatic heterocycles. The monoisotopic (exact) mass is 366 g/mol. The van der Waals surface area contributed by atoms with Crippen LogP contribution in [0, 0.1) is 5.92 Å². The molecule has 0 aliphatic carbocycles. The molecule has 0 spiro atoms. The van der Waals surface area contributed by atoms with Crippen LogP contribution in [-0.2, 0) is 9.59 Å². The van der Waals surface area contributed by atoms with Crippen LogP contribution in [0.5, 0.6) is 11.5 Å². The third-order valence-electron chi connectivity index (χ3n) is 3.94. The summed E-state index contributed by atoms with van der Waals surface area (Å²) in [4.78, 5) is 23.8. The van der Waals surface area contributed by atoms with Gasteiger partial charge in [-0.3, -0.25) is 9.59 Å². The maximum atomic E-state index is 12.1. The van der Waals surface area contributed by atoms with Gasteiger partial charge in [-0.05, 0) is 48.0 Å². The second-order valence-corrected chi connectivity index (χ2v) is 6.45. The van der Waals surface area contributed by atoms with E-state index >= 15 is 0 Å². The highest BCUT2D eigenvalue weighted by molar-refractivity contribution is 6.02. The van der Waals surface area contributed by atoms with E-state index in [-0.39, 0.29) is 17.7 Å². The fourth-order valence-electron chi connectivity index (χ4n) is 2.44. The highest BCUT2D eigenvalue weighted by atomic mass is 16.6. The lowest BCUT2D eigenvalue weighted by atomic mass is 10.1. The summed E-state index contributed by atoms with van der Waals surface area (Å²) in [6.07, 6.45) is 3.17. The first-order chi connectivity index (χ1) is 13.0. The summed E-state index contributed by atoms with van der Waals surface area (Å²) in [6, 6.07) is 12.5. The molecule has 0 bridgehead atoms. The number of carbonyl (C=O) groups is 2. The molecular formula is C21H22N2O4. The minimum atomic E-state index is -0.246. The fourth-order valence-corrected chi connectivity index (χ4v) is 2.44. The summed E-state index contributed by atoms with van der Waals surface area (Å²) in [5, 5.41) is 5.59. The van der Waals surface area contributed by atoms with Gasteiger partial charge in [0.25, 0.3) is 0 Å². The van der Waals surface area contributed by atoms with E-state index in [0.717, 1.165) is 5.56 Å². The molecule has 140 valence electrons. The van der Waals surface area contributed by atoms with E-state index in [1.54, 1.807) is 30.3 Å². The highest BCUT2D eigenvalue weighted by Gasteiger charge is 2.11. The van der Waals surface area contributed by atoms with E-state index in [2.05, 4.69) is 10.6 Å². The maximum absolute atomic E-state index is 12.1. The van der Waals surface area contributed by atoms with Crippen LogP contribution in [0.3, 0.4) is 0 Å². The van der Waals surface area contributed by atoms with Gasteiger partial charge in [-0.2, -0.15) is 0 Å². The molecule has 0 atom stereocenters. The van der Waals surface area contributed by atoms with Gasteiger partial charge in [-0.25, -0.2) is 0 Å². The Bertz CT molecular complexity index is 857. The van der Waals surface area contributed by atoms with Crippen LogP contribution < -0.4 is 20.1 Å².